The molecule has 6 amide bonds. The third-order valence-corrected chi connectivity index (χ3v) is 3.67. The van der Waals surface area contributed by atoms with Crippen molar-refractivity contribution in [3.8, 4) is 0 Å². The number of carbonyl (C=O) groups is 6. The van der Waals surface area contributed by atoms with E-state index in [1.165, 1.54) is 50.3 Å². The number of nitrogens with zero attached hydrogens (tertiary/aromatic N) is 3. The van der Waals surface area contributed by atoms with Crippen molar-refractivity contribution in [1.82, 2.24) is 14.7 Å². The van der Waals surface area contributed by atoms with Gasteiger partial charge in [-0.15, -0.1) is 0 Å². The van der Waals surface area contributed by atoms with Crippen LogP contribution in [-0.4, -0.2) is 71.3 Å². The van der Waals surface area contributed by atoms with Crippen molar-refractivity contribution >= 4 is 35.4 Å². The first-order valence-corrected chi connectivity index (χ1v) is 7.36. The molecule has 3 rings (SSSR count). The minimum Gasteiger partial charge on any atom is -0.286 e. The average molecular weight is 349 g/mol. The first-order valence-electron chi connectivity index (χ1n) is 7.36. The van der Waals surface area contributed by atoms with Crippen LogP contribution in [0.2, 0.25) is 0 Å². The lowest BCUT2D eigenvalue weighted by molar-refractivity contribution is -0.138. The van der Waals surface area contributed by atoms with Gasteiger partial charge in [-0.05, 0) is 0 Å². The molecular formula is C16H19N3O6. The zero-order valence-corrected chi connectivity index (χ0v) is 14.4. The summed E-state index contributed by atoms with van der Waals surface area (Å²) < 4.78 is 0. The van der Waals surface area contributed by atoms with Gasteiger partial charge in [0.25, 0.3) is 23.6 Å². The van der Waals surface area contributed by atoms with Gasteiger partial charge in [0.05, 0.1) is 0 Å². The molecular weight excluding hydrogens is 330 g/mol. The molecule has 0 saturated carbocycles. The first-order chi connectivity index (χ1) is 11.6. The van der Waals surface area contributed by atoms with Crippen molar-refractivity contribution in [2.45, 2.75) is 13.3 Å². The van der Waals surface area contributed by atoms with Crippen LogP contribution in [0.4, 0.5) is 0 Å². The van der Waals surface area contributed by atoms with Gasteiger partial charge in [0.2, 0.25) is 11.8 Å². The number of imide groups is 3. The van der Waals surface area contributed by atoms with Gasteiger partial charge in [-0.25, -0.2) is 0 Å². The molecule has 1 atom stereocenters. The second kappa shape index (κ2) is 8.13. The highest BCUT2D eigenvalue weighted by Gasteiger charge is 2.32. The van der Waals surface area contributed by atoms with Gasteiger partial charge in [0.15, 0.2) is 0 Å². The SMILES string of the molecule is CC1CC(=O)N(C)C1=O.CN1C(=O)C=CC1=O.CN1C(=O)C=CC1=O. The van der Waals surface area contributed by atoms with Crippen LogP contribution < -0.4 is 0 Å². The quantitative estimate of drug-likeness (QED) is 0.524. The molecule has 9 heteroatoms. The van der Waals surface area contributed by atoms with Crippen LogP contribution >= 0.6 is 0 Å². The van der Waals surface area contributed by atoms with Crippen molar-refractivity contribution in [3.63, 3.8) is 0 Å². The molecule has 1 unspecified atom stereocenters. The minimum atomic E-state index is -0.241. The summed E-state index contributed by atoms with van der Waals surface area (Å²) in [7, 11) is 4.42. The predicted molar refractivity (Wildman–Crippen MR) is 85.4 cm³/mol. The number of hydrogen-bond acceptors (Lipinski definition) is 6. The van der Waals surface area contributed by atoms with Gasteiger partial charge in [0.1, 0.15) is 0 Å². The molecule has 1 fully saturated rings. The minimum absolute atomic E-state index is 0.0556. The molecule has 1 saturated heterocycles. The summed E-state index contributed by atoms with van der Waals surface area (Å²) in [5, 5.41) is 0. The smallest absolute Gasteiger partial charge is 0.253 e. The molecule has 0 radical (unpaired) electrons. The van der Waals surface area contributed by atoms with Crippen LogP contribution in [0.1, 0.15) is 13.3 Å². The standard InChI is InChI=1S/C6H9NO2.2C5H5NO2/c1-4-3-5(8)7(2)6(4)9;2*1-6-4(7)2-3-5(6)8/h4H,3H2,1-2H3;2*2-3H,1H3. The lowest BCUT2D eigenvalue weighted by atomic mass is 10.1. The molecule has 0 spiro atoms. The Kier molecular flexibility index (Phi) is 6.49. The largest absolute Gasteiger partial charge is 0.286 e. The predicted octanol–water partition coefficient (Wildman–Crippen LogP) is -0.906. The molecule has 134 valence electrons. The van der Waals surface area contributed by atoms with E-state index in [2.05, 4.69) is 0 Å². The average Bonchev–Trinajstić information content (AvgIpc) is 3.11. The van der Waals surface area contributed by atoms with E-state index in [4.69, 9.17) is 0 Å². The molecule has 0 aromatic heterocycles. The highest BCUT2D eigenvalue weighted by atomic mass is 16.2. The van der Waals surface area contributed by atoms with E-state index in [0.29, 0.717) is 6.42 Å². The van der Waals surface area contributed by atoms with Crippen molar-refractivity contribution in [1.29, 1.82) is 0 Å². The summed E-state index contributed by atoms with van der Waals surface area (Å²) in [5.41, 5.74) is 0. The summed E-state index contributed by atoms with van der Waals surface area (Å²) in [6.07, 6.45) is 5.39. The summed E-state index contributed by atoms with van der Waals surface area (Å²) in [6.45, 7) is 1.77. The molecule has 25 heavy (non-hydrogen) atoms. The highest BCUT2D eigenvalue weighted by Crippen LogP contribution is 2.15. The van der Waals surface area contributed by atoms with Crippen molar-refractivity contribution < 1.29 is 28.8 Å². The highest BCUT2D eigenvalue weighted by molar-refractivity contribution is 6.13. The number of likely N-dealkylation sites (tertiary alicyclic amines) is 1. The van der Waals surface area contributed by atoms with Gasteiger partial charge in [0, 0.05) is 57.8 Å². The molecule has 0 bridgehead atoms. The summed E-state index contributed by atoms with van der Waals surface area (Å²) in [6, 6.07) is 0. The second-order valence-electron chi connectivity index (χ2n) is 5.53. The van der Waals surface area contributed by atoms with Gasteiger partial charge in [-0.2, -0.15) is 0 Å². The molecule has 9 nitrogen and oxygen atoms in total. The monoisotopic (exact) mass is 349 g/mol. The van der Waals surface area contributed by atoms with Gasteiger partial charge in [-0.1, -0.05) is 6.92 Å². The first kappa shape index (κ1) is 19.9. The van der Waals surface area contributed by atoms with E-state index >= 15 is 0 Å². The van der Waals surface area contributed by atoms with E-state index in [-0.39, 0.29) is 41.4 Å². The van der Waals surface area contributed by atoms with Crippen molar-refractivity contribution in [3.05, 3.63) is 24.3 Å². The molecule has 0 aromatic rings. The van der Waals surface area contributed by atoms with Crippen LogP contribution in [-0.2, 0) is 28.8 Å². The van der Waals surface area contributed by atoms with E-state index in [1.54, 1.807) is 6.92 Å². The molecule has 3 heterocycles. The number of amides is 6. The molecule has 0 N–H and O–H groups in total. The normalized spacial score (nSPS) is 21.8. The van der Waals surface area contributed by atoms with Crippen molar-refractivity contribution in [2.24, 2.45) is 5.92 Å². The Labute approximate surface area is 144 Å². The molecule has 0 aliphatic carbocycles. The summed E-state index contributed by atoms with van der Waals surface area (Å²) in [4.78, 5) is 66.4. The van der Waals surface area contributed by atoms with Crippen molar-refractivity contribution in [2.75, 3.05) is 21.1 Å². The zero-order chi connectivity index (χ0) is 19.3. The summed E-state index contributed by atoms with van der Waals surface area (Å²) >= 11 is 0. The second-order valence-corrected chi connectivity index (χ2v) is 5.53. The maximum Gasteiger partial charge on any atom is 0.253 e. The Morgan fingerprint density at radius 3 is 1.08 bits per heavy atom. The van der Waals surface area contributed by atoms with E-state index in [9.17, 15) is 28.8 Å². The van der Waals surface area contributed by atoms with Gasteiger partial charge in [-0.3, -0.25) is 43.5 Å². The van der Waals surface area contributed by atoms with Gasteiger partial charge >= 0.3 is 0 Å². The van der Waals surface area contributed by atoms with E-state index in [1.807, 2.05) is 0 Å². The summed E-state index contributed by atoms with van der Waals surface area (Å²) in [5.74, 6) is -1.18. The third kappa shape index (κ3) is 4.93. The Morgan fingerprint density at radius 2 is 1.00 bits per heavy atom. The number of hydrogen-bond donors (Lipinski definition) is 0. The Morgan fingerprint density at radius 1 is 0.680 bits per heavy atom. The fourth-order valence-electron chi connectivity index (χ4n) is 1.89. The fourth-order valence-corrected chi connectivity index (χ4v) is 1.89. The van der Waals surface area contributed by atoms with Crippen LogP contribution in [0.15, 0.2) is 24.3 Å². The maximum absolute atomic E-state index is 10.8. The van der Waals surface area contributed by atoms with E-state index < -0.39 is 0 Å². The van der Waals surface area contributed by atoms with E-state index in [0.717, 1.165) is 9.80 Å². The van der Waals surface area contributed by atoms with Gasteiger partial charge < -0.3 is 0 Å². The van der Waals surface area contributed by atoms with Crippen LogP contribution in [0.3, 0.4) is 0 Å². The zero-order valence-electron chi connectivity index (χ0n) is 14.4. The Hall–Kier alpha value is -3.10. The number of rotatable bonds is 0. The molecule has 0 aromatic carbocycles. The van der Waals surface area contributed by atoms with Crippen LogP contribution in [0, 0.1) is 5.92 Å². The number of carbonyl (C=O) groups excluding carboxylic acids is 6. The lowest BCUT2D eigenvalue weighted by Crippen LogP contribution is -2.24. The van der Waals surface area contributed by atoms with Crippen LogP contribution in [0.25, 0.3) is 0 Å². The Balaban J connectivity index is 0.000000188. The Bertz CT molecular complexity index is 618. The number of likely N-dealkylation sites (N-methyl/N-ethyl adjacent to an activating group) is 2. The topological polar surface area (TPSA) is 112 Å². The lowest BCUT2D eigenvalue weighted by Gasteiger charge is -2.03. The van der Waals surface area contributed by atoms with Crippen LogP contribution in [0.5, 0.6) is 0 Å². The maximum atomic E-state index is 10.8. The fraction of sp³-hybridized carbons (Fsp3) is 0.375. The third-order valence-electron chi connectivity index (χ3n) is 3.67. The molecule has 3 aliphatic heterocycles. The molecule has 3 aliphatic rings.